The quantitative estimate of drug-likeness (QED) is 0.490. The van der Waals surface area contributed by atoms with Crippen LogP contribution in [0.1, 0.15) is 48.9 Å². The van der Waals surface area contributed by atoms with Gasteiger partial charge in [-0.25, -0.2) is 0 Å². The van der Waals surface area contributed by atoms with Gasteiger partial charge in [0.25, 0.3) is 5.91 Å². The molecule has 0 bridgehead atoms. The Kier molecular flexibility index (Phi) is 5.79. The number of nitrogens with one attached hydrogen (secondary N) is 1. The van der Waals surface area contributed by atoms with Crippen LogP contribution in [0.15, 0.2) is 53.0 Å². The number of halogens is 1. The Morgan fingerprint density at radius 1 is 1.09 bits per heavy atom. The monoisotopic (exact) mass is 509 g/mol. The van der Waals surface area contributed by atoms with Crippen LogP contribution in [-0.4, -0.2) is 57.9 Å². The lowest BCUT2D eigenvalue weighted by Crippen LogP contribution is -2.67. The average Bonchev–Trinajstić information content (AvgIpc) is 3.21. The first-order chi connectivity index (χ1) is 15.9. The van der Waals surface area contributed by atoms with Crippen molar-refractivity contribution in [2.75, 3.05) is 26.2 Å². The number of aliphatic hydroxyl groups excluding tert-OH is 1. The first kappa shape index (κ1) is 22.2. The molecule has 0 aliphatic carbocycles. The number of aromatic amines is 1. The maximum atomic E-state index is 13.9. The van der Waals surface area contributed by atoms with Gasteiger partial charge in [0, 0.05) is 41.0 Å². The Morgan fingerprint density at radius 2 is 1.85 bits per heavy atom. The minimum Gasteiger partial charge on any atom is -0.396 e. The summed E-state index contributed by atoms with van der Waals surface area (Å²) in [6, 6.07) is 16.4. The minimum atomic E-state index is -1.06. The van der Waals surface area contributed by atoms with Gasteiger partial charge in [0.15, 0.2) is 5.54 Å². The number of para-hydroxylation sites is 1. The summed E-state index contributed by atoms with van der Waals surface area (Å²) < 4.78 is 1.01. The molecule has 2 aliphatic heterocycles. The van der Waals surface area contributed by atoms with Crippen LogP contribution in [0.5, 0.6) is 0 Å². The fraction of sp³-hybridized carbons (Fsp3) is 0.385. The summed E-state index contributed by atoms with van der Waals surface area (Å²) in [5.74, 6) is -0.0796. The van der Waals surface area contributed by atoms with Crippen LogP contribution >= 0.6 is 15.9 Å². The lowest BCUT2D eigenvalue weighted by molar-refractivity contribution is -0.166. The Hall–Kier alpha value is -2.64. The number of fused-ring (bicyclic) bond motifs is 5. The number of rotatable bonds is 6. The van der Waals surface area contributed by atoms with E-state index >= 15 is 0 Å². The predicted octanol–water partition coefficient (Wildman–Crippen LogP) is 4.12. The van der Waals surface area contributed by atoms with Gasteiger partial charge in [-0.05, 0) is 55.5 Å². The molecule has 2 N–H and O–H groups in total. The number of amides is 2. The fourth-order valence-electron chi connectivity index (χ4n) is 5.44. The number of nitrogens with zero attached hydrogens (tertiary/aromatic N) is 2. The van der Waals surface area contributed by atoms with Crippen LogP contribution in [0.4, 0.5) is 0 Å². The first-order valence-corrected chi connectivity index (χ1v) is 12.3. The number of piperazine rings is 1. The Morgan fingerprint density at radius 3 is 2.61 bits per heavy atom. The van der Waals surface area contributed by atoms with Crippen LogP contribution < -0.4 is 0 Å². The van der Waals surface area contributed by atoms with E-state index in [4.69, 9.17) is 5.11 Å². The molecule has 2 aliphatic rings. The molecule has 3 aromatic rings. The highest BCUT2D eigenvalue weighted by Gasteiger charge is 2.56. The summed E-state index contributed by atoms with van der Waals surface area (Å²) in [6.45, 7) is 3.14. The van der Waals surface area contributed by atoms with Gasteiger partial charge >= 0.3 is 0 Å². The molecule has 0 saturated carbocycles. The van der Waals surface area contributed by atoms with Gasteiger partial charge in [0.1, 0.15) is 0 Å². The summed E-state index contributed by atoms with van der Waals surface area (Å²) in [5.41, 5.74) is 2.97. The number of hydrogen-bond donors (Lipinski definition) is 2. The van der Waals surface area contributed by atoms with Gasteiger partial charge in [0.05, 0.1) is 12.2 Å². The van der Waals surface area contributed by atoms with Gasteiger partial charge in [-0.2, -0.15) is 0 Å². The third kappa shape index (κ3) is 3.58. The van der Waals surface area contributed by atoms with Crippen molar-refractivity contribution < 1.29 is 14.7 Å². The molecule has 172 valence electrons. The smallest absolute Gasteiger partial charge is 0.254 e. The van der Waals surface area contributed by atoms with E-state index in [0.29, 0.717) is 19.5 Å². The number of unbranched alkanes of at least 4 members (excludes halogenated alkanes) is 2. The average molecular weight is 510 g/mol. The Labute approximate surface area is 201 Å². The highest BCUT2D eigenvalue weighted by Crippen LogP contribution is 2.48. The molecule has 0 spiro atoms. The highest BCUT2D eigenvalue weighted by molar-refractivity contribution is 9.10. The normalized spacial score (nSPS) is 22.6. The summed E-state index contributed by atoms with van der Waals surface area (Å²) in [7, 11) is 0. The predicted molar refractivity (Wildman–Crippen MR) is 131 cm³/mol. The lowest BCUT2D eigenvalue weighted by atomic mass is 9.76. The van der Waals surface area contributed by atoms with E-state index in [0.717, 1.165) is 45.0 Å². The standard InChI is InChI=1S/C26H28BrN3O3/c1-26-24-23(19-7-3-4-8-21(19)28-24)20(17-9-11-18(27)12-10-17)15-30(26)22(32)16-29(25(26)33)13-5-2-6-14-31/h3-4,7-12,20,28,31H,2,5-6,13-16H2,1H3/t20?,26-/m0/s1. The van der Waals surface area contributed by atoms with E-state index in [1.54, 1.807) is 9.80 Å². The van der Waals surface area contributed by atoms with Crippen molar-refractivity contribution in [1.29, 1.82) is 0 Å². The number of H-pyrrole nitrogens is 1. The van der Waals surface area contributed by atoms with Crippen molar-refractivity contribution in [3.8, 4) is 0 Å². The highest BCUT2D eigenvalue weighted by atomic mass is 79.9. The van der Waals surface area contributed by atoms with Crippen LogP contribution in [0.25, 0.3) is 10.9 Å². The number of hydrogen-bond acceptors (Lipinski definition) is 3. The van der Waals surface area contributed by atoms with Crippen LogP contribution in [0.3, 0.4) is 0 Å². The van der Waals surface area contributed by atoms with E-state index in [2.05, 4.69) is 39.1 Å². The second kappa shape index (κ2) is 8.61. The largest absolute Gasteiger partial charge is 0.396 e. The van der Waals surface area contributed by atoms with Crippen LogP contribution in [0.2, 0.25) is 0 Å². The van der Waals surface area contributed by atoms with Gasteiger partial charge in [-0.15, -0.1) is 0 Å². The molecule has 1 fully saturated rings. The summed E-state index contributed by atoms with van der Waals surface area (Å²) >= 11 is 3.52. The van der Waals surface area contributed by atoms with Crippen LogP contribution in [-0.2, 0) is 15.1 Å². The molecule has 1 unspecified atom stereocenters. The van der Waals surface area contributed by atoms with Crippen molar-refractivity contribution in [3.63, 3.8) is 0 Å². The number of aromatic nitrogens is 1. The molecule has 1 saturated heterocycles. The topological polar surface area (TPSA) is 76.6 Å². The van der Waals surface area contributed by atoms with Crippen molar-refractivity contribution in [3.05, 3.63) is 69.8 Å². The second-order valence-corrected chi connectivity index (χ2v) is 10.1. The maximum Gasteiger partial charge on any atom is 0.254 e. The molecule has 3 heterocycles. The summed E-state index contributed by atoms with van der Waals surface area (Å²) in [6.07, 6.45) is 2.31. The minimum absolute atomic E-state index is 0.0225. The molecular formula is C26H28BrN3O3. The molecule has 6 nitrogen and oxygen atoms in total. The SMILES string of the molecule is C[C@]12C(=O)N(CCCCCO)CC(=O)N1CC(c1ccc(Br)cc1)c1c2[nH]c2ccccc12. The molecule has 2 aromatic carbocycles. The number of carbonyl (C=O) groups is 2. The van der Waals surface area contributed by atoms with Crippen LogP contribution in [0, 0.1) is 0 Å². The number of aliphatic hydroxyl groups is 1. The first-order valence-electron chi connectivity index (χ1n) is 11.5. The van der Waals surface area contributed by atoms with Crippen molar-refractivity contribution in [1.82, 2.24) is 14.8 Å². The third-order valence-corrected chi connectivity index (χ3v) is 7.70. The number of carbonyl (C=O) groups excluding carboxylic acids is 2. The van der Waals surface area contributed by atoms with E-state index in [-0.39, 0.29) is 30.9 Å². The summed E-state index contributed by atoms with van der Waals surface area (Å²) in [4.78, 5) is 34.3. The van der Waals surface area contributed by atoms with E-state index in [9.17, 15) is 9.59 Å². The van der Waals surface area contributed by atoms with Crippen molar-refractivity contribution >= 4 is 38.6 Å². The van der Waals surface area contributed by atoms with E-state index in [1.165, 1.54) is 0 Å². The summed E-state index contributed by atoms with van der Waals surface area (Å²) in [5, 5.41) is 10.2. The van der Waals surface area contributed by atoms with Crippen molar-refractivity contribution in [2.24, 2.45) is 0 Å². The molecule has 33 heavy (non-hydrogen) atoms. The fourth-order valence-corrected chi connectivity index (χ4v) is 5.71. The molecule has 5 rings (SSSR count). The van der Waals surface area contributed by atoms with Crippen molar-refractivity contribution in [2.45, 2.75) is 37.6 Å². The van der Waals surface area contributed by atoms with Gasteiger partial charge in [-0.1, -0.05) is 46.3 Å². The zero-order valence-corrected chi connectivity index (χ0v) is 20.3. The number of benzene rings is 2. The zero-order valence-electron chi connectivity index (χ0n) is 18.7. The Balaban J connectivity index is 1.62. The molecule has 2 atom stereocenters. The molecule has 7 heteroatoms. The third-order valence-electron chi connectivity index (χ3n) is 7.18. The van der Waals surface area contributed by atoms with Gasteiger partial charge in [0.2, 0.25) is 5.91 Å². The van der Waals surface area contributed by atoms with E-state index in [1.807, 2.05) is 37.3 Å². The Bertz CT molecular complexity index is 1210. The molecular weight excluding hydrogens is 482 g/mol. The van der Waals surface area contributed by atoms with Gasteiger partial charge in [-0.3, -0.25) is 9.59 Å². The second-order valence-electron chi connectivity index (χ2n) is 9.15. The molecule has 1 aromatic heterocycles. The maximum absolute atomic E-state index is 13.9. The van der Waals surface area contributed by atoms with Gasteiger partial charge < -0.3 is 19.9 Å². The lowest BCUT2D eigenvalue weighted by Gasteiger charge is -2.51. The zero-order chi connectivity index (χ0) is 23.2. The molecule has 2 amide bonds. The molecule has 0 radical (unpaired) electrons. The van der Waals surface area contributed by atoms with E-state index < -0.39 is 5.54 Å².